The van der Waals surface area contributed by atoms with Crippen molar-refractivity contribution in [3.8, 4) is 0 Å². The molecule has 5 nitrogen and oxygen atoms in total. The Labute approximate surface area is 108 Å². The minimum atomic E-state index is 0.0154. The molecule has 1 saturated heterocycles. The lowest BCUT2D eigenvalue weighted by Gasteiger charge is -2.30. The van der Waals surface area contributed by atoms with Crippen LogP contribution in [0.15, 0.2) is 17.2 Å². The molecule has 0 amide bonds. The Morgan fingerprint density at radius 1 is 1.44 bits per heavy atom. The molecule has 2 N–H and O–H groups in total. The lowest BCUT2D eigenvalue weighted by atomic mass is 10.1. The van der Waals surface area contributed by atoms with Crippen molar-refractivity contribution in [1.82, 2.24) is 9.55 Å². The monoisotopic (exact) mass is 250 g/mol. The summed E-state index contributed by atoms with van der Waals surface area (Å²) in [5.41, 5.74) is 5.89. The van der Waals surface area contributed by atoms with Crippen LogP contribution in [0.25, 0.3) is 0 Å². The van der Waals surface area contributed by atoms with Gasteiger partial charge in [-0.05, 0) is 18.8 Å². The van der Waals surface area contributed by atoms with Crippen LogP contribution in [0, 0.1) is 5.92 Å². The number of hydrogen-bond acceptors (Lipinski definition) is 4. The van der Waals surface area contributed by atoms with Gasteiger partial charge in [0.1, 0.15) is 0 Å². The quantitative estimate of drug-likeness (QED) is 0.863. The maximum atomic E-state index is 12.3. The fourth-order valence-corrected chi connectivity index (χ4v) is 2.30. The van der Waals surface area contributed by atoms with Crippen molar-refractivity contribution in [2.75, 3.05) is 18.0 Å². The van der Waals surface area contributed by atoms with Crippen LogP contribution in [0.5, 0.6) is 0 Å². The van der Waals surface area contributed by atoms with Gasteiger partial charge < -0.3 is 15.2 Å². The van der Waals surface area contributed by atoms with E-state index in [0.29, 0.717) is 11.7 Å². The zero-order chi connectivity index (χ0) is 13.1. The van der Waals surface area contributed by atoms with Crippen molar-refractivity contribution >= 4 is 5.82 Å². The van der Waals surface area contributed by atoms with Crippen molar-refractivity contribution in [2.45, 2.75) is 39.3 Å². The first-order chi connectivity index (χ1) is 8.58. The zero-order valence-corrected chi connectivity index (χ0v) is 11.2. The second-order valence-electron chi connectivity index (χ2n) is 5.43. The van der Waals surface area contributed by atoms with Gasteiger partial charge in [-0.15, -0.1) is 0 Å². The maximum Gasteiger partial charge on any atom is 0.293 e. The maximum absolute atomic E-state index is 12.3. The highest BCUT2D eigenvalue weighted by Gasteiger charge is 2.20. The second kappa shape index (κ2) is 5.52. The van der Waals surface area contributed by atoms with E-state index in [4.69, 9.17) is 5.73 Å². The van der Waals surface area contributed by atoms with Crippen LogP contribution in [-0.2, 0) is 6.54 Å². The first kappa shape index (κ1) is 13.1. The van der Waals surface area contributed by atoms with Gasteiger partial charge in [0.2, 0.25) is 0 Å². The van der Waals surface area contributed by atoms with Gasteiger partial charge in [0.05, 0.1) is 0 Å². The Balaban J connectivity index is 2.20. The molecule has 2 rings (SSSR count). The van der Waals surface area contributed by atoms with Gasteiger partial charge in [-0.2, -0.15) is 0 Å². The van der Waals surface area contributed by atoms with E-state index in [1.54, 1.807) is 17.0 Å². The predicted molar refractivity (Wildman–Crippen MR) is 72.8 cm³/mol. The molecule has 1 fully saturated rings. The van der Waals surface area contributed by atoms with E-state index in [9.17, 15) is 4.79 Å². The van der Waals surface area contributed by atoms with Crippen molar-refractivity contribution in [2.24, 2.45) is 11.7 Å². The first-order valence-corrected chi connectivity index (χ1v) is 6.64. The smallest absolute Gasteiger partial charge is 0.293 e. The van der Waals surface area contributed by atoms with Crippen molar-refractivity contribution in [3.63, 3.8) is 0 Å². The summed E-state index contributed by atoms with van der Waals surface area (Å²) < 4.78 is 1.75. The molecule has 0 spiro atoms. The van der Waals surface area contributed by atoms with Gasteiger partial charge in [0.15, 0.2) is 5.82 Å². The third-order valence-corrected chi connectivity index (χ3v) is 3.30. The Bertz CT molecular complexity index is 447. The SMILES string of the molecule is CC(C)Cn1ccnc(N2CCC(N)CC2)c1=O. The molecule has 18 heavy (non-hydrogen) atoms. The third kappa shape index (κ3) is 2.90. The average molecular weight is 250 g/mol. The zero-order valence-electron chi connectivity index (χ0n) is 11.2. The summed E-state index contributed by atoms with van der Waals surface area (Å²) in [6.07, 6.45) is 5.34. The van der Waals surface area contributed by atoms with E-state index in [0.717, 1.165) is 32.5 Å². The summed E-state index contributed by atoms with van der Waals surface area (Å²) >= 11 is 0. The summed E-state index contributed by atoms with van der Waals surface area (Å²) in [5, 5.41) is 0. The molecular formula is C13H22N4O. The second-order valence-corrected chi connectivity index (χ2v) is 5.43. The van der Waals surface area contributed by atoms with Crippen LogP contribution in [0.2, 0.25) is 0 Å². The van der Waals surface area contributed by atoms with Gasteiger partial charge in [-0.25, -0.2) is 4.98 Å². The van der Waals surface area contributed by atoms with Gasteiger partial charge in [-0.3, -0.25) is 4.79 Å². The van der Waals surface area contributed by atoms with Crippen molar-refractivity contribution < 1.29 is 0 Å². The van der Waals surface area contributed by atoms with E-state index in [1.165, 1.54) is 0 Å². The van der Waals surface area contributed by atoms with Crippen molar-refractivity contribution in [1.29, 1.82) is 0 Å². The lowest BCUT2D eigenvalue weighted by molar-refractivity contribution is 0.486. The van der Waals surface area contributed by atoms with E-state index < -0.39 is 0 Å². The summed E-state index contributed by atoms with van der Waals surface area (Å²) in [5.74, 6) is 1.03. The summed E-state index contributed by atoms with van der Waals surface area (Å²) in [6, 6.07) is 0.267. The standard InChI is InChI=1S/C13H22N4O/c1-10(2)9-17-8-5-15-12(13(17)18)16-6-3-11(14)4-7-16/h5,8,10-11H,3-4,6-7,9,14H2,1-2H3. The van der Waals surface area contributed by atoms with Gasteiger partial charge in [-0.1, -0.05) is 13.8 Å². The molecule has 1 aliphatic heterocycles. The molecule has 0 unspecified atom stereocenters. The Morgan fingerprint density at radius 3 is 2.72 bits per heavy atom. The number of anilines is 1. The Morgan fingerprint density at radius 2 is 2.11 bits per heavy atom. The largest absolute Gasteiger partial charge is 0.352 e. The molecule has 0 saturated carbocycles. The third-order valence-electron chi connectivity index (χ3n) is 3.30. The predicted octanol–water partition coefficient (Wildman–Crippen LogP) is 0.827. The van der Waals surface area contributed by atoms with Crippen LogP contribution < -0.4 is 16.2 Å². The first-order valence-electron chi connectivity index (χ1n) is 6.64. The molecule has 1 aromatic heterocycles. The number of hydrogen-bond donors (Lipinski definition) is 1. The molecule has 100 valence electrons. The average Bonchev–Trinajstić information content (AvgIpc) is 2.33. The molecule has 0 bridgehead atoms. The van der Waals surface area contributed by atoms with Gasteiger partial charge in [0.25, 0.3) is 5.56 Å². The number of piperidine rings is 1. The number of nitrogens with zero attached hydrogens (tertiary/aromatic N) is 3. The number of nitrogens with two attached hydrogens (primary N) is 1. The van der Waals surface area contributed by atoms with Gasteiger partial charge in [0, 0.05) is 38.1 Å². The van der Waals surface area contributed by atoms with E-state index >= 15 is 0 Å². The summed E-state index contributed by atoms with van der Waals surface area (Å²) in [6.45, 7) is 6.60. The normalized spacial score (nSPS) is 17.4. The Hall–Kier alpha value is -1.36. The van der Waals surface area contributed by atoms with Crippen LogP contribution in [0.4, 0.5) is 5.82 Å². The molecule has 0 aromatic carbocycles. The minimum Gasteiger partial charge on any atom is -0.352 e. The number of aromatic nitrogens is 2. The fraction of sp³-hybridized carbons (Fsp3) is 0.692. The van der Waals surface area contributed by atoms with Crippen LogP contribution in [-0.4, -0.2) is 28.7 Å². The molecule has 0 radical (unpaired) electrons. The van der Waals surface area contributed by atoms with E-state index in [-0.39, 0.29) is 11.6 Å². The highest BCUT2D eigenvalue weighted by molar-refractivity contribution is 5.36. The minimum absolute atomic E-state index is 0.0154. The topological polar surface area (TPSA) is 64.2 Å². The summed E-state index contributed by atoms with van der Waals surface area (Å²) in [4.78, 5) is 18.6. The molecule has 0 atom stereocenters. The van der Waals surface area contributed by atoms with Crippen molar-refractivity contribution in [3.05, 3.63) is 22.7 Å². The van der Waals surface area contributed by atoms with Crippen LogP contribution >= 0.6 is 0 Å². The number of rotatable bonds is 3. The van der Waals surface area contributed by atoms with E-state index in [2.05, 4.69) is 23.7 Å². The van der Waals surface area contributed by atoms with E-state index in [1.807, 2.05) is 0 Å². The molecular weight excluding hydrogens is 228 g/mol. The molecule has 0 aliphatic carbocycles. The fourth-order valence-electron chi connectivity index (χ4n) is 2.30. The molecule has 1 aromatic rings. The van der Waals surface area contributed by atoms with Crippen LogP contribution in [0.1, 0.15) is 26.7 Å². The molecule has 2 heterocycles. The highest BCUT2D eigenvalue weighted by atomic mass is 16.1. The van der Waals surface area contributed by atoms with Gasteiger partial charge >= 0.3 is 0 Å². The molecule has 5 heteroatoms. The Kier molecular flexibility index (Phi) is 4.01. The summed E-state index contributed by atoms with van der Waals surface area (Å²) in [7, 11) is 0. The highest BCUT2D eigenvalue weighted by Crippen LogP contribution is 2.13. The lowest BCUT2D eigenvalue weighted by Crippen LogP contribution is -2.43. The molecule has 1 aliphatic rings. The van der Waals surface area contributed by atoms with Crippen LogP contribution in [0.3, 0.4) is 0 Å².